The van der Waals surface area contributed by atoms with E-state index in [2.05, 4.69) is 0 Å². The van der Waals surface area contributed by atoms with Crippen LogP contribution in [0.3, 0.4) is 0 Å². The van der Waals surface area contributed by atoms with E-state index in [9.17, 15) is 9.18 Å². The predicted octanol–water partition coefficient (Wildman–Crippen LogP) is 1.94. The standard InChI is InChI=1S/C11H11FO3/c12-9-5-8(13)2-1-7(9)6-11(3-4-11)10(14)15/h1-2,5,13H,3-4,6H2,(H,14,15). The molecule has 4 heteroatoms. The Morgan fingerprint density at radius 1 is 1.47 bits per heavy atom. The Labute approximate surface area is 86.2 Å². The third-order valence-electron chi connectivity index (χ3n) is 2.87. The van der Waals surface area contributed by atoms with Gasteiger partial charge in [0.15, 0.2) is 0 Å². The number of benzene rings is 1. The fraction of sp³-hybridized carbons (Fsp3) is 0.364. The summed E-state index contributed by atoms with van der Waals surface area (Å²) in [5.74, 6) is -1.55. The van der Waals surface area contributed by atoms with E-state index in [4.69, 9.17) is 10.2 Å². The number of phenolic OH excluding ortho intramolecular Hbond substituents is 1. The maximum atomic E-state index is 13.3. The summed E-state index contributed by atoms with van der Waals surface area (Å²) in [7, 11) is 0. The minimum absolute atomic E-state index is 0.142. The zero-order valence-corrected chi connectivity index (χ0v) is 8.03. The fourth-order valence-corrected chi connectivity index (χ4v) is 1.66. The number of carboxylic acids is 1. The van der Waals surface area contributed by atoms with Crippen molar-refractivity contribution in [1.82, 2.24) is 0 Å². The predicted molar refractivity (Wildman–Crippen MR) is 51.1 cm³/mol. The summed E-state index contributed by atoms with van der Waals surface area (Å²) in [6, 6.07) is 3.82. The number of carbonyl (C=O) groups is 1. The van der Waals surface area contributed by atoms with Crippen LogP contribution >= 0.6 is 0 Å². The second-order valence-electron chi connectivity index (χ2n) is 4.04. The molecule has 0 spiro atoms. The minimum Gasteiger partial charge on any atom is -0.508 e. The average Bonchev–Trinajstić information content (AvgIpc) is 2.91. The molecule has 0 radical (unpaired) electrons. The number of hydrogen-bond donors (Lipinski definition) is 2. The van der Waals surface area contributed by atoms with Gasteiger partial charge < -0.3 is 10.2 Å². The molecule has 1 aromatic rings. The van der Waals surface area contributed by atoms with Crippen LogP contribution in [0.2, 0.25) is 0 Å². The molecule has 0 heterocycles. The fourth-order valence-electron chi connectivity index (χ4n) is 1.66. The van der Waals surface area contributed by atoms with Crippen molar-refractivity contribution in [1.29, 1.82) is 0 Å². The van der Waals surface area contributed by atoms with Crippen LogP contribution in [0.25, 0.3) is 0 Å². The zero-order valence-electron chi connectivity index (χ0n) is 8.03. The molecule has 0 atom stereocenters. The Morgan fingerprint density at radius 3 is 2.60 bits per heavy atom. The normalized spacial score (nSPS) is 17.4. The van der Waals surface area contributed by atoms with Gasteiger partial charge in [0, 0.05) is 6.07 Å². The maximum Gasteiger partial charge on any atom is 0.309 e. The summed E-state index contributed by atoms with van der Waals surface area (Å²) in [5.41, 5.74) is -0.412. The van der Waals surface area contributed by atoms with Crippen LogP contribution < -0.4 is 0 Å². The Balaban J connectivity index is 2.21. The summed E-state index contributed by atoms with van der Waals surface area (Å²) < 4.78 is 13.3. The van der Waals surface area contributed by atoms with Crippen molar-refractivity contribution in [2.75, 3.05) is 0 Å². The van der Waals surface area contributed by atoms with E-state index in [1.807, 2.05) is 0 Å². The van der Waals surface area contributed by atoms with Gasteiger partial charge in [-0.05, 0) is 30.9 Å². The van der Waals surface area contributed by atoms with Crippen LogP contribution in [0, 0.1) is 11.2 Å². The molecule has 2 rings (SSSR count). The van der Waals surface area contributed by atoms with Gasteiger partial charge in [-0.25, -0.2) is 4.39 Å². The topological polar surface area (TPSA) is 57.5 Å². The minimum atomic E-state index is -0.866. The summed E-state index contributed by atoms with van der Waals surface area (Å²) in [6.45, 7) is 0. The van der Waals surface area contributed by atoms with Gasteiger partial charge in [0.2, 0.25) is 0 Å². The molecule has 1 aliphatic carbocycles. The molecule has 3 nitrogen and oxygen atoms in total. The van der Waals surface area contributed by atoms with Gasteiger partial charge in [0.1, 0.15) is 11.6 Å². The van der Waals surface area contributed by atoms with E-state index in [0.717, 1.165) is 6.07 Å². The van der Waals surface area contributed by atoms with Crippen molar-refractivity contribution in [2.45, 2.75) is 19.3 Å². The summed E-state index contributed by atoms with van der Waals surface area (Å²) >= 11 is 0. The van der Waals surface area contributed by atoms with E-state index < -0.39 is 17.2 Å². The number of hydrogen-bond acceptors (Lipinski definition) is 2. The van der Waals surface area contributed by atoms with Gasteiger partial charge in [-0.1, -0.05) is 6.07 Å². The van der Waals surface area contributed by atoms with Gasteiger partial charge in [-0.3, -0.25) is 4.79 Å². The van der Waals surface area contributed by atoms with E-state index in [0.29, 0.717) is 18.4 Å². The van der Waals surface area contributed by atoms with Crippen molar-refractivity contribution >= 4 is 5.97 Å². The average molecular weight is 210 g/mol. The number of carboxylic acid groups (broad SMARTS) is 1. The third-order valence-corrected chi connectivity index (χ3v) is 2.87. The quantitative estimate of drug-likeness (QED) is 0.801. The first-order valence-electron chi connectivity index (χ1n) is 4.74. The second-order valence-corrected chi connectivity index (χ2v) is 4.04. The van der Waals surface area contributed by atoms with Gasteiger partial charge in [-0.15, -0.1) is 0 Å². The molecule has 0 amide bonds. The Hall–Kier alpha value is -1.58. The Kier molecular flexibility index (Phi) is 2.14. The van der Waals surface area contributed by atoms with Crippen molar-refractivity contribution in [3.63, 3.8) is 0 Å². The van der Waals surface area contributed by atoms with Crippen molar-refractivity contribution < 1.29 is 19.4 Å². The van der Waals surface area contributed by atoms with Crippen LogP contribution in [0.15, 0.2) is 18.2 Å². The highest BCUT2D eigenvalue weighted by atomic mass is 19.1. The molecule has 1 saturated carbocycles. The van der Waals surface area contributed by atoms with E-state index >= 15 is 0 Å². The zero-order chi connectivity index (χ0) is 11.1. The first-order valence-corrected chi connectivity index (χ1v) is 4.74. The molecule has 0 saturated heterocycles. The molecule has 15 heavy (non-hydrogen) atoms. The van der Waals surface area contributed by atoms with E-state index in [1.54, 1.807) is 0 Å². The Bertz CT molecular complexity index is 410. The highest BCUT2D eigenvalue weighted by Gasteiger charge is 2.50. The highest BCUT2D eigenvalue weighted by Crippen LogP contribution is 2.48. The first kappa shape index (κ1) is 9.96. The van der Waals surface area contributed by atoms with E-state index in [-0.39, 0.29) is 12.2 Å². The molecular formula is C11H11FO3. The van der Waals surface area contributed by atoms with Gasteiger partial charge in [0.05, 0.1) is 5.41 Å². The van der Waals surface area contributed by atoms with Gasteiger partial charge >= 0.3 is 5.97 Å². The lowest BCUT2D eigenvalue weighted by molar-refractivity contribution is -0.143. The summed E-state index contributed by atoms with van der Waals surface area (Å²) in [4.78, 5) is 10.9. The summed E-state index contributed by atoms with van der Waals surface area (Å²) in [6.07, 6.45) is 1.40. The van der Waals surface area contributed by atoms with Crippen LogP contribution in [0.5, 0.6) is 5.75 Å². The largest absolute Gasteiger partial charge is 0.508 e. The number of rotatable bonds is 3. The van der Waals surface area contributed by atoms with Gasteiger partial charge in [-0.2, -0.15) is 0 Å². The van der Waals surface area contributed by atoms with Gasteiger partial charge in [0.25, 0.3) is 0 Å². The lowest BCUT2D eigenvalue weighted by Crippen LogP contribution is -2.18. The van der Waals surface area contributed by atoms with Crippen molar-refractivity contribution in [3.05, 3.63) is 29.6 Å². The number of aromatic hydroxyl groups is 1. The first-order chi connectivity index (χ1) is 7.03. The highest BCUT2D eigenvalue weighted by molar-refractivity contribution is 5.78. The third kappa shape index (κ3) is 1.79. The molecule has 1 aliphatic rings. The molecule has 0 bridgehead atoms. The van der Waals surface area contributed by atoms with Crippen molar-refractivity contribution in [2.24, 2.45) is 5.41 Å². The lowest BCUT2D eigenvalue weighted by Gasteiger charge is -2.10. The van der Waals surface area contributed by atoms with E-state index in [1.165, 1.54) is 12.1 Å². The molecule has 80 valence electrons. The second kappa shape index (κ2) is 3.22. The molecule has 1 fully saturated rings. The molecule has 0 aliphatic heterocycles. The molecular weight excluding hydrogens is 199 g/mol. The molecule has 1 aromatic carbocycles. The number of aliphatic carboxylic acids is 1. The SMILES string of the molecule is O=C(O)C1(Cc2ccc(O)cc2F)CC1. The molecule has 2 N–H and O–H groups in total. The lowest BCUT2D eigenvalue weighted by atomic mass is 9.96. The van der Waals surface area contributed by atoms with Crippen LogP contribution in [0.1, 0.15) is 18.4 Å². The van der Waals surface area contributed by atoms with Crippen molar-refractivity contribution in [3.8, 4) is 5.75 Å². The monoisotopic (exact) mass is 210 g/mol. The summed E-state index contributed by atoms with van der Waals surface area (Å²) in [5, 5.41) is 17.9. The van der Waals surface area contributed by atoms with Crippen LogP contribution in [-0.4, -0.2) is 16.2 Å². The number of halogens is 1. The molecule has 0 aromatic heterocycles. The maximum absolute atomic E-state index is 13.3. The molecule has 0 unspecified atom stereocenters. The smallest absolute Gasteiger partial charge is 0.309 e. The Morgan fingerprint density at radius 2 is 2.13 bits per heavy atom. The van der Waals surface area contributed by atoms with Crippen LogP contribution in [-0.2, 0) is 11.2 Å². The number of phenols is 1. The van der Waals surface area contributed by atoms with Crippen LogP contribution in [0.4, 0.5) is 4.39 Å².